The highest BCUT2D eigenvalue weighted by Gasteiger charge is 2.20. The minimum absolute atomic E-state index is 0.645. The number of rotatable bonds is 4. The molecule has 2 heterocycles. The zero-order chi connectivity index (χ0) is 37.1. The van der Waals surface area contributed by atoms with Crippen LogP contribution in [0.2, 0.25) is 0 Å². The van der Waals surface area contributed by atoms with Gasteiger partial charge in [-0.1, -0.05) is 96.0 Å². The Morgan fingerprint density at radius 2 is 0.704 bits per heavy atom. The van der Waals surface area contributed by atoms with Crippen molar-refractivity contribution in [1.29, 1.82) is 0 Å². The summed E-state index contributed by atoms with van der Waals surface area (Å²) in [7, 11) is 0. The number of nitrogens with zero attached hydrogens (tertiary/aromatic N) is 4. The second-order valence-electron chi connectivity index (χ2n) is 16.4. The Morgan fingerprint density at radius 3 is 1.02 bits per heavy atom. The minimum Gasteiger partial charge on any atom is -0.249 e. The van der Waals surface area contributed by atoms with Crippen molar-refractivity contribution in [2.45, 2.75) is 91.9 Å². The molecule has 2 aliphatic rings. The second-order valence-corrected chi connectivity index (χ2v) is 18.2. The summed E-state index contributed by atoms with van der Waals surface area (Å²) in [6, 6.07) is 26.9. The molecule has 0 atom stereocenters. The maximum Gasteiger partial charge on any atom is 0.0975 e. The monoisotopic (exact) mass is 836 g/mol. The molecule has 6 heteroatoms. The molecule has 6 aromatic carbocycles. The van der Waals surface area contributed by atoms with Crippen molar-refractivity contribution in [3.8, 4) is 0 Å². The highest BCUT2D eigenvalue weighted by molar-refractivity contribution is 9.10. The summed E-state index contributed by atoms with van der Waals surface area (Å²) in [4.78, 5) is 20.6. The molecule has 272 valence electrons. The third kappa shape index (κ3) is 6.68. The molecule has 0 saturated heterocycles. The molecule has 0 fully saturated rings. The Morgan fingerprint density at radius 1 is 0.407 bits per heavy atom. The summed E-state index contributed by atoms with van der Waals surface area (Å²) in [6.45, 7) is 9.15. The van der Waals surface area contributed by atoms with Crippen LogP contribution in [0.4, 0.5) is 0 Å². The molecule has 0 amide bonds. The standard InChI is InChI=1S/C28H32N2.C20H14Br2N2/c1-17(2)13-19-9-11-21-22-12-10-20(14-18(3)4)16-24(22)28-27(23(21)15-19)29-25-7-5-6-8-26(25)30-28;21-11-5-7-13-14-8-6-12(22)10-16(14)20-19(15(13)9-11)23-17-3-1-2-4-18(17)24-20/h9-12,15-18H,5-8,13-14H2,1-4H3;5-10H,1-4H2. The van der Waals surface area contributed by atoms with E-state index in [1.54, 1.807) is 0 Å². The van der Waals surface area contributed by atoms with E-state index in [1.807, 2.05) is 0 Å². The molecule has 0 bridgehead atoms. The summed E-state index contributed by atoms with van der Waals surface area (Å²) in [5.41, 5.74) is 11.9. The van der Waals surface area contributed by atoms with Gasteiger partial charge in [0.2, 0.25) is 0 Å². The van der Waals surface area contributed by atoms with E-state index in [-0.39, 0.29) is 0 Å². The molecule has 0 aliphatic heterocycles. The summed E-state index contributed by atoms with van der Waals surface area (Å²) < 4.78 is 2.15. The van der Waals surface area contributed by atoms with E-state index in [2.05, 4.69) is 132 Å². The average Bonchev–Trinajstić information content (AvgIpc) is 3.16. The van der Waals surface area contributed by atoms with Crippen LogP contribution >= 0.6 is 31.9 Å². The van der Waals surface area contributed by atoms with Crippen LogP contribution in [0.5, 0.6) is 0 Å². The molecule has 2 aliphatic carbocycles. The lowest BCUT2D eigenvalue weighted by Crippen LogP contribution is -2.08. The quantitative estimate of drug-likeness (QED) is 0.166. The Labute approximate surface area is 334 Å². The van der Waals surface area contributed by atoms with Gasteiger partial charge in [0, 0.05) is 30.5 Å². The van der Waals surface area contributed by atoms with Crippen LogP contribution < -0.4 is 0 Å². The van der Waals surface area contributed by atoms with Crippen molar-refractivity contribution in [2.24, 2.45) is 11.8 Å². The molecule has 2 aromatic heterocycles. The number of benzene rings is 6. The lowest BCUT2D eigenvalue weighted by atomic mass is 9.92. The van der Waals surface area contributed by atoms with Gasteiger partial charge >= 0.3 is 0 Å². The van der Waals surface area contributed by atoms with Gasteiger partial charge in [0.25, 0.3) is 0 Å². The molecular weight excluding hydrogens is 792 g/mol. The summed E-state index contributed by atoms with van der Waals surface area (Å²) in [5.74, 6) is 1.29. The smallest absolute Gasteiger partial charge is 0.0975 e. The topological polar surface area (TPSA) is 51.6 Å². The molecule has 8 aromatic rings. The van der Waals surface area contributed by atoms with Crippen LogP contribution in [-0.2, 0) is 38.5 Å². The molecule has 0 unspecified atom stereocenters. The number of aromatic nitrogens is 4. The number of hydrogen-bond donors (Lipinski definition) is 0. The van der Waals surface area contributed by atoms with E-state index in [1.165, 1.54) is 103 Å². The summed E-state index contributed by atoms with van der Waals surface area (Å²) in [5, 5.41) is 9.99. The zero-order valence-electron chi connectivity index (χ0n) is 31.7. The van der Waals surface area contributed by atoms with Gasteiger partial charge in [-0.15, -0.1) is 0 Å². The van der Waals surface area contributed by atoms with E-state index < -0.39 is 0 Å². The minimum atomic E-state index is 0.645. The molecule has 0 saturated carbocycles. The Kier molecular flexibility index (Phi) is 9.63. The van der Waals surface area contributed by atoms with Crippen LogP contribution in [0, 0.1) is 11.8 Å². The number of aryl methyl sites for hydroxylation is 4. The fourth-order valence-electron chi connectivity index (χ4n) is 8.87. The van der Waals surface area contributed by atoms with E-state index in [9.17, 15) is 0 Å². The third-order valence-corrected chi connectivity index (χ3v) is 12.3. The summed E-state index contributed by atoms with van der Waals surface area (Å²) in [6.07, 6.45) is 11.3. The second kappa shape index (κ2) is 14.6. The van der Waals surface area contributed by atoms with Crippen LogP contribution in [0.3, 0.4) is 0 Å². The van der Waals surface area contributed by atoms with Crippen molar-refractivity contribution in [2.75, 3.05) is 0 Å². The normalized spacial score (nSPS) is 14.4. The molecular formula is C48H46Br2N4. The SMILES string of the molecule is Brc1ccc2c3ccc(Br)cc3c3nc4c(nc3c2c1)CCCC4.CC(C)Cc1ccc2c3ccc(CC(C)C)cc3c3nc4c(nc3c2c1)CCCC4. The Balaban J connectivity index is 0.000000146. The predicted molar refractivity (Wildman–Crippen MR) is 235 cm³/mol. The lowest BCUT2D eigenvalue weighted by Gasteiger charge is -2.18. The average molecular weight is 839 g/mol. The van der Waals surface area contributed by atoms with Gasteiger partial charge in [-0.3, -0.25) is 0 Å². The van der Waals surface area contributed by atoms with E-state index in [0.29, 0.717) is 11.8 Å². The van der Waals surface area contributed by atoms with Crippen molar-refractivity contribution < 1.29 is 0 Å². The Hall–Kier alpha value is -4.00. The van der Waals surface area contributed by atoms with Gasteiger partial charge in [-0.2, -0.15) is 0 Å². The lowest BCUT2D eigenvalue weighted by molar-refractivity contribution is 0.647. The summed E-state index contributed by atoms with van der Waals surface area (Å²) >= 11 is 7.23. The van der Waals surface area contributed by atoms with E-state index in [0.717, 1.165) is 69.5 Å². The fourth-order valence-corrected chi connectivity index (χ4v) is 9.59. The van der Waals surface area contributed by atoms with Crippen molar-refractivity contribution in [3.63, 3.8) is 0 Å². The third-order valence-electron chi connectivity index (χ3n) is 11.3. The first-order chi connectivity index (χ1) is 26.2. The highest BCUT2D eigenvalue weighted by Crippen LogP contribution is 2.38. The van der Waals surface area contributed by atoms with Gasteiger partial charge in [0.05, 0.1) is 44.8 Å². The zero-order valence-corrected chi connectivity index (χ0v) is 34.9. The largest absolute Gasteiger partial charge is 0.249 e. The van der Waals surface area contributed by atoms with Gasteiger partial charge in [0.1, 0.15) is 0 Å². The van der Waals surface area contributed by atoms with Crippen LogP contribution in [-0.4, -0.2) is 19.9 Å². The number of halogens is 2. The van der Waals surface area contributed by atoms with Gasteiger partial charge in [-0.25, -0.2) is 19.9 Å². The van der Waals surface area contributed by atoms with Crippen LogP contribution in [0.25, 0.3) is 65.2 Å². The maximum absolute atomic E-state index is 5.24. The fraction of sp³-hybridized carbons (Fsp3) is 0.333. The molecule has 54 heavy (non-hydrogen) atoms. The van der Waals surface area contributed by atoms with Crippen molar-refractivity contribution >= 4 is 97.0 Å². The molecule has 0 radical (unpaired) electrons. The van der Waals surface area contributed by atoms with Crippen LogP contribution in [0.15, 0.2) is 81.7 Å². The van der Waals surface area contributed by atoms with Crippen molar-refractivity contribution in [3.05, 3.63) is 116 Å². The highest BCUT2D eigenvalue weighted by atomic mass is 79.9. The Bertz CT molecular complexity index is 2580. The predicted octanol–water partition coefficient (Wildman–Crippen LogP) is 13.6. The van der Waals surface area contributed by atoms with Crippen LogP contribution in [0.1, 0.15) is 87.3 Å². The first-order valence-electron chi connectivity index (χ1n) is 19.9. The first-order valence-corrected chi connectivity index (χ1v) is 21.5. The molecule has 0 N–H and O–H groups in total. The van der Waals surface area contributed by atoms with E-state index in [4.69, 9.17) is 19.9 Å². The molecule has 0 spiro atoms. The van der Waals surface area contributed by atoms with Gasteiger partial charge < -0.3 is 0 Å². The molecule has 10 rings (SSSR count). The van der Waals surface area contributed by atoms with Gasteiger partial charge in [-0.05, 0) is 145 Å². The van der Waals surface area contributed by atoms with Gasteiger partial charge in [0.15, 0.2) is 0 Å². The van der Waals surface area contributed by atoms with E-state index >= 15 is 0 Å². The maximum atomic E-state index is 5.24. The first kappa shape index (κ1) is 35.7. The van der Waals surface area contributed by atoms with Crippen molar-refractivity contribution in [1.82, 2.24) is 19.9 Å². The molecule has 4 nitrogen and oxygen atoms in total. The number of hydrogen-bond acceptors (Lipinski definition) is 4. The number of fused-ring (bicyclic) bond motifs is 14.